The second kappa shape index (κ2) is 22.7. The Balaban J connectivity index is 1.04. The van der Waals surface area contributed by atoms with Crippen molar-refractivity contribution in [3.05, 3.63) is 280 Å². The average Bonchev–Trinajstić information content (AvgIpc) is 3.96. The number of aliphatic hydroxyl groups excluding tert-OH is 1. The molecule has 12 nitrogen and oxygen atoms in total. The first-order chi connectivity index (χ1) is 36.8. The Labute approximate surface area is 443 Å². The quantitative estimate of drug-likeness (QED) is 0.0235. The van der Waals surface area contributed by atoms with Crippen LogP contribution in [-0.2, 0) is 41.7 Å². The van der Waals surface area contributed by atoms with Crippen molar-refractivity contribution in [2.24, 2.45) is 5.16 Å². The van der Waals surface area contributed by atoms with Crippen LogP contribution in [0.4, 0.5) is 5.13 Å². The number of nitrogens with zero attached hydrogens (tertiary/aromatic N) is 3. The first-order valence-electron chi connectivity index (χ1n) is 24.2. The lowest BCUT2D eigenvalue weighted by Gasteiger charge is -2.49. The van der Waals surface area contributed by atoms with Crippen LogP contribution in [-0.4, -0.2) is 69.4 Å². The third kappa shape index (κ3) is 10.1. The number of benzene rings is 7. The topological polar surface area (TPSA) is 152 Å². The minimum Gasteiger partial charge on any atom is -0.497 e. The number of hydrogen-bond donors (Lipinski definition) is 3. The number of anilines is 1. The molecular weight excluding hydrogens is 979 g/mol. The van der Waals surface area contributed by atoms with E-state index >= 15 is 4.79 Å². The number of allylic oxidation sites excluding steroid dienone is 1. The normalized spacial score (nSPS) is 15.7. The van der Waals surface area contributed by atoms with Crippen molar-refractivity contribution >= 4 is 51.7 Å². The van der Waals surface area contributed by atoms with Gasteiger partial charge in [0.05, 0.1) is 13.7 Å². The maximum Gasteiger partial charge on any atom is 0.355 e. The van der Waals surface area contributed by atoms with Crippen LogP contribution >= 0.6 is 23.1 Å². The molecule has 2 atom stereocenters. The Morgan fingerprint density at radius 3 is 1.69 bits per heavy atom. The van der Waals surface area contributed by atoms with Crippen molar-refractivity contribution in [3.8, 4) is 5.75 Å². The number of aromatic nitrogens is 1. The van der Waals surface area contributed by atoms with Gasteiger partial charge in [-0.15, -0.1) is 23.1 Å². The first kappa shape index (κ1) is 50.0. The van der Waals surface area contributed by atoms with Gasteiger partial charge < -0.3 is 30.1 Å². The summed E-state index contributed by atoms with van der Waals surface area (Å²) in [5.41, 5.74) is 4.05. The monoisotopic (exact) mass is 1030 g/mol. The number of aliphatic hydroxyl groups is 1. The number of thioether (sulfide) groups is 1. The summed E-state index contributed by atoms with van der Waals surface area (Å²) >= 11 is 2.66. The maximum atomic E-state index is 15.3. The van der Waals surface area contributed by atoms with E-state index < -0.39 is 40.3 Å². The van der Waals surface area contributed by atoms with E-state index in [1.54, 1.807) is 42.8 Å². The van der Waals surface area contributed by atoms with Crippen LogP contribution in [0.25, 0.3) is 0 Å². The molecule has 0 spiro atoms. The largest absolute Gasteiger partial charge is 0.497 e. The molecule has 3 heterocycles. The fourth-order valence-electron chi connectivity index (χ4n) is 9.48. The van der Waals surface area contributed by atoms with Gasteiger partial charge in [-0.3, -0.25) is 14.5 Å². The van der Waals surface area contributed by atoms with Crippen molar-refractivity contribution in [1.82, 2.24) is 15.2 Å². The van der Waals surface area contributed by atoms with Crippen LogP contribution in [0.2, 0.25) is 0 Å². The van der Waals surface area contributed by atoms with Gasteiger partial charge in [-0.05, 0) is 40.0 Å². The van der Waals surface area contributed by atoms with Gasteiger partial charge in [0.25, 0.3) is 11.8 Å². The van der Waals surface area contributed by atoms with Gasteiger partial charge in [0.1, 0.15) is 40.7 Å². The van der Waals surface area contributed by atoms with Crippen molar-refractivity contribution in [1.29, 1.82) is 0 Å². The van der Waals surface area contributed by atoms with E-state index in [1.807, 2.05) is 146 Å². The number of oxime groups is 1. The molecule has 1 aromatic heterocycles. The van der Waals surface area contributed by atoms with Crippen LogP contribution in [0.1, 0.15) is 44.6 Å². The van der Waals surface area contributed by atoms with E-state index in [0.29, 0.717) is 16.5 Å². The molecule has 8 aromatic rings. The number of nitrogens with one attached hydrogen (secondary N) is 2. The number of ether oxygens (including phenoxy) is 2. The molecule has 0 radical (unpaired) electrons. The van der Waals surface area contributed by atoms with E-state index in [9.17, 15) is 14.7 Å². The molecule has 7 aromatic carbocycles. The van der Waals surface area contributed by atoms with E-state index in [-0.39, 0.29) is 36.1 Å². The van der Waals surface area contributed by atoms with Gasteiger partial charge in [0.15, 0.2) is 10.8 Å². The molecule has 1 saturated heterocycles. The summed E-state index contributed by atoms with van der Waals surface area (Å²) in [5.74, 6) is -1.04. The zero-order valence-corrected chi connectivity index (χ0v) is 42.3. The lowest BCUT2D eigenvalue weighted by Crippen LogP contribution is -2.71. The molecular formula is C61H51N5O7S2. The van der Waals surface area contributed by atoms with E-state index in [0.717, 1.165) is 38.9 Å². The van der Waals surface area contributed by atoms with Gasteiger partial charge >= 0.3 is 5.97 Å². The van der Waals surface area contributed by atoms with Crippen LogP contribution < -0.4 is 15.4 Å². The smallest absolute Gasteiger partial charge is 0.355 e. The minimum atomic E-state index is -1.37. The Kier molecular flexibility index (Phi) is 15.1. The summed E-state index contributed by atoms with van der Waals surface area (Å²) < 4.78 is 11.1. The van der Waals surface area contributed by atoms with E-state index in [4.69, 9.17) is 24.5 Å². The lowest BCUT2D eigenvalue weighted by atomic mass is 9.77. The number of amides is 2. The number of carbonyl (C=O) groups is 3. The van der Waals surface area contributed by atoms with Gasteiger partial charge in [-0.1, -0.05) is 211 Å². The highest BCUT2D eigenvalue weighted by Crippen LogP contribution is 2.44. The van der Waals surface area contributed by atoms with Crippen LogP contribution in [0.5, 0.6) is 5.75 Å². The van der Waals surface area contributed by atoms with E-state index in [1.165, 1.54) is 34.1 Å². The fourth-order valence-corrected chi connectivity index (χ4v) is 11.5. The number of fused-ring (bicyclic) bond motifs is 1. The molecule has 1 fully saturated rings. The predicted molar refractivity (Wildman–Crippen MR) is 293 cm³/mol. The van der Waals surface area contributed by atoms with Gasteiger partial charge in [-0.25, -0.2) is 9.78 Å². The van der Waals surface area contributed by atoms with Gasteiger partial charge in [-0.2, -0.15) is 0 Å². The van der Waals surface area contributed by atoms with Crippen molar-refractivity contribution in [2.75, 3.05) is 24.8 Å². The minimum absolute atomic E-state index is 0.0389. The highest BCUT2D eigenvalue weighted by Gasteiger charge is 2.55. The van der Waals surface area contributed by atoms with Crippen LogP contribution in [0.3, 0.4) is 0 Å². The Morgan fingerprint density at radius 1 is 0.720 bits per heavy atom. The maximum absolute atomic E-state index is 15.3. The molecule has 0 aliphatic carbocycles. The summed E-state index contributed by atoms with van der Waals surface area (Å²) in [6.07, 6.45) is 3.11. The molecule has 0 bridgehead atoms. The number of β-lactam (4-membered cyclic amide) rings is 1. The number of hydrogen-bond acceptors (Lipinski definition) is 12. The van der Waals surface area contributed by atoms with Gasteiger partial charge in [0, 0.05) is 27.8 Å². The lowest BCUT2D eigenvalue weighted by molar-refractivity contribution is -0.153. The molecule has 14 heteroatoms. The summed E-state index contributed by atoms with van der Waals surface area (Å²) in [5, 5.41) is 22.8. The third-order valence-electron chi connectivity index (χ3n) is 13.1. The third-order valence-corrected chi connectivity index (χ3v) is 15.2. The second-order valence-electron chi connectivity index (χ2n) is 17.6. The highest BCUT2D eigenvalue weighted by atomic mass is 32.2. The summed E-state index contributed by atoms with van der Waals surface area (Å²) in [4.78, 5) is 57.2. The number of carbonyl (C=O) groups excluding carboxylic acids is 3. The SMILES string of the molecule is COc1ccc(COC(=O)C2=C(/C=C\CO)CS[C@@H]3[C@H](NC(=O)/C(=N\OC(c4ccccc4)(c4ccccc4)c4ccccc4)c4csc(NC(c5ccccc5)(c5ccccc5)c5ccccc5)n4)C(=O)N23)cc1. The first-order valence-corrected chi connectivity index (χ1v) is 26.2. The second-order valence-corrected chi connectivity index (χ2v) is 19.5. The zero-order valence-electron chi connectivity index (χ0n) is 40.7. The summed E-state index contributed by atoms with van der Waals surface area (Å²) in [6, 6.07) is 65.4. The molecule has 2 aliphatic heterocycles. The zero-order chi connectivity index (χ0) is 51.6. The van der Waals surface area contributed by atoms with Crippen molar-refractivity contribution in [3.63, 3.8) is 0 Å². The summed E-state index contributed by atoms with van der Waals surface area (Å²) in [6.45, 7) is -0.338. The Bertz CT molecular complexity index is 3150. The molecule has 2 amide bonds. The number of methoxy groups -OCH3 is 1. The Hall–Kier alpha value is -8.56. The average molecular weight is 1030 g/mol. The predicted octanol–water partition coefficient (Wildman–Crippen LogP) is 10.2. The van der Waals surface area contributed by atoms with Crippen LogP contribution in [0, 0.1) is 0 Å². The number of esters is 1. The Morgan fingerprint density at radius 2 is 1.21 bits per heavy atom. The van der Waals surface area contributed by atoms with Crippen molar-refractivity contribution in [2.45, 2.75) is 29.2 Å². The van der Waals surface area contributed by atoms with Gasteiger partial charge in [0.2, 0.25) is 5.60 Å². The highest BCUT2D eigenvalue weighted by molar-refractivity contribution is 8.00. The van der Waals surface area contributed by atoms with Crippen LogP contribution in [0.15, 0.2) is 240 Å². The molecule has 374 valence electrons. The summed E-state index contributed by atoms with van der Waals surface area (Å²) in [7, 11) is 1.57. The molecule has 2 aliphatic rings. The molecule has 3 N–H and O–H groups in total. The number of thiazole rings is 1. The standard InChI is InChI=1S/C61H51N5O7S2/c1-71-50-36-34-42(35-37-50)39-72-58(70)54-43(21-20-38-67)40-74-57-53(56(69)66(54)57)63-55(68)52(65-73-61(47-28-14-5-15-29-47,48-30-16-6-17-31-48)49-32-18-7-19-33-49)51-41-75-59(62-51)64-60(44-22-8-2-9-23-44,45-24-10-3-11-25-45)46-26-12-4-13-27-46/h2-37,41,53,57,67H,38-40H2,1H3,(H,62,64)(H,63,68)/b21-20-,65-52-/t53-,57-/m1/s1. The molecule has 75 heavy (non-hydrogen) atoms. The number of rotatable bonds is 19. The van der Waals surface area contributed by atoms with Crippen molar-refractivity contribution < 1.29 is 33.8 Å². The fraction of sp³-hybridized carbons (Fsp3) is 0.131. The molecule has 10 rings (SSSR count). The molecule has 0 saturated carbocycles. The molecule has 0 unspecified atom stereocenters. The van der Waals surface area contributed by atoms with E-state index in [2.05, 4.69) is 47.0 Å².